The predicted molar refractivity (Wildman–Crippen MR) is 121 cm³/mol. The normalized spacial score (nSPS) is 17.0. The Morgan fingerprint density at radius 2 is 2.03 bits per heavy atom. The molecule has 0 saturated carbocycles. The van der Waals surface area contributed by atoms with Gasteiger partial charge in [0.2, 0.25) is 0 Å². The maximum Gasteiger partial charge on any atom is 0.573 e. The summed E-state index contributed by atoms with van der Waals surface area (Å²) in [6.07, 6.45) is -2.28. The van der Waals surface area contributed by atoms with E-state index in [2.05, 4.69) is 26.5 Å². The zero-order chi connectivity index (χ0) is 23.5. The number of nitrogens with one attached hydrogen (secondary N) is 1. The van der Waals surface area contributed by atoms with E-state index in [0.29, 0.717) is 35.4 Å². The summed E-state index contributed by atoms with van der Waals surface area (Å²) in [7, 11) is 4.02. The largest absolute Gasteiger partial charge is 0.573 e. The average Bonchev–Trinajstić information content (AvgIpc) is 3.36. The SMILES string of the molecule is C=CNc1sc(C(=O)N2CCC(N(C)C)C2)cc1C(C)=Nc1ccc(OC(F)(F)F)cc1. The summed E-state index contributed by atoms with van der Waals surface area (Å²) >= 11 is 1.32. The van der Waals surface area contributed by atoms with Crippen LogP contribution in [0, 0.1) is 0 Å². The highest BCUT2D eigenvalue weighted by Crippen LogP contribution is 2.32. The molecule has 1 unspecified atom stereocenters. The van der Waals surface area contributed by atoms with Crippen molar-refractivity contribution in [2.75, 3.05) is 32.5 Å². The second-order valence-corrected chi connectivity index (χ2v) is 8.65. The number of nitrogens with zero attached hydrogens (tertiary/aromatic N) is 3. The van der Waals surface area contributed by atoms with Crippen LogP contribution in [0.25, 0.3) is 0 Å². The number of ether oxygens (including phenoxy) is 1. The van der Waals surface area contributed by atoms with Crippen LogP contribution in [-0.4, -0.2) is 61.0 Å². The van der Waals surface area contributed by atoms with Crippen molar-refractivity contribution < 1.29 is 22.7 Å². The molecule has 1 aliphatic heterocycles. The molecule has 1 fully saturated rings. The van der Waals surface area contributed by atoms with Crippen LogP contribution in [0.15, 0.2) is 48.1 Å². The second kappa shape index (κ2) is 9.74. The molecule has 1 saturated heterocycles. The number of hydrogen-bond donors (Lipinski definition) is 1. The van der Waals surface area contributed by atoms with Gasteiger partial charge in [-0.05, 0) is 64.0 Å². The van der Waals surface area contributed by atoms with E-state index in [1.54, 1.807) is 13.0 Å². The van der Waals surface area contributed by atoms with E-state index in [1.807, 2.05) is 19.0 Å². The van der Waals surface area contributed by atoms with E-state index in [4.69, 9.17) is 0 Å². The fourth-order valence-corrected chi connectivity index (χ4v) is 4.52. The van der Waals surface area contributed by atoms with Gasteiger partial charge < -0.3 is 19.9 Å². The number of amides is 1. The molecule has 0 aliphatic carbocycles. The number of thiophene rings is 1. The molecule has 0 bridgehead atoms. The van der Waals surface area contributed by atoms with Crippen molar-refractivity contribution in [3.8, 4) is 5.75 Å². The molecular weight excluding hydrogens is 441 g/mol. The molecule has 1 aromatic carbocycles. The minimum absolute atomic E-state index is 0.0286. The first-order chi connectivity index (χ1) is 15.1. The second-order valence-electron chi connectivity index (χ2n) is 7.60. The third-order valence-electron chi connectivity index (χ3n) is 5.11. The quantitative estimate of drug-likeness (QED) is 0.576. The number of alkyl halides is 3. The Hall–Kier alpha value is -2.85. The molecule has 1 amide bonds. The monoisotopic (exact) mass is 466 g/mol. The standard InChI is InChI=1S/C22H25F3N4O2S/c1-5-26-20-18(12-19(32-20)21(30)29-11-10-16(13-29)28(3)4)14(2)27-15-6-8-17(9-7-15)31-22(23,24)25/h5-9,12,16,26H,1,10-11,13H2,2-4H3. The third kappa shape index (κ3) is 5.89. The maximum atomic E-state index is 13.0. The Balaban J connectivity index is 1.81. The molecule has 10 heteroatoms. The summed E-state index contributed by atoms with van der Waals surface area (Å²) in [6, 6.07) is 7.43. The van der Waals surface area contributed by atoms with Crippen molar-refractivity contribution >= 4 is 33.6 Å². The van der Waals surface area contributed by atoms with Gasteiger partial charge in [0.05, 0.1) is 10.6 Å². The van der Waals surface area contributed by atoms with Crippen LogP contribution >= 0.6 is 11.3 Å². The van der Waals surface area contributed by atoms with Crippen molar-refractivity contribution in [2.24, 2.45) is 4.99 Å². The van der Waals surface area contributed by atoms with E-state index in [-0.39, 0.29) is 11.7 Å². The van der Waals surface area contributed by atoms with Gasteiger partial charge in [-0.3, -0.25) is 9.79 Å². The van der Waals surface area contributed by atoms with Crippen LogP contribution in [-0.2, 0) is 0 Å². The summed E-state index contributed by atoms with van der Waals surface area (Å²) in [4.78, 5) is 22.1. The number of likely N-dealkylation sites (tertiary alicyclic amines) is 1. The molecule has 0 spiro atoms. The molecule has 1 N–H and O–H groups in total. The molecule has 6 nitrogen and oxygen atoms in total. The molecule has 172 valence electrons. The number of rotatable bonds is 7. The van der Waals surface area contributed by atoms with Gasteiger partial charge in [0.15, 0.2) is 0 Å². The van der Waals surface area contributed by atoms with Crippen LogP contribution in [0.2, 0.25) is 0 Å². The lowest BCUT2D eigenvalue weighted by Crippen LogP contribution is -2.34. The van der Waals surface area contributed by atoms with Crippen LogP contribution < -0.4 is 10.1 Å². The van der Waals surface area contributed by atoms with E-state index >= 15 is 0 Å². The van der Waals surface area contributed by atoms with Crippen LogP contribution in [0.3, 0.4) is 0 Å². The van der Waals surface area contributed by atoms with E-state index in [9.17, 15) is 18.0 Å². The van der Waals surface area contributed by atoms with Gasteiger partial charge >= 0.3 is 6.36 Å². The van der Waals surface area contributed by atoms with Gasteiger partial charge in [-0.1, -0.05) is 6.58 Å². The van der Waals surface area contributed by atoms with E-state index in [0.717, 1.165) is 17.0 Å². The number of likely N-dealkylation sites (N-methyl/N-ethyl adjacent to an activating group) is 1. The number of aliphatic imine (C=N–C) groups is 1. The van der Waals surface area contributed by atoms with Crippen molar-refractivity contribution in [1.29, 1.82) is 0 Å². The molecule has 0 radical (unpaired) electrons. The molecular formula is C22H25F3N4O2S. The van der Waals surface area contributed by atoms with Crippen LogP contribution in [0.4, 0.5) is 23.9 Å². The molecule has 1 aliphatic rings. The molecule has 1 atom stereocenters. The number of benzene rings is 1. The van der Waals surface area contributed by atoms with Gasteiger partial charge in [0.1, 0.15) is 10.8 Å². The first-order valence-corrected chi connectivity index (χ1v) is 10.8. The Morgan fingerprint density at radius 1 is 1.34 bits per heavy atom. The summed E-state index contributed by atoms with van der Waals surface area (Å²) < 4.78 is 40.9. The molecule has 32 heavy (non-hydrogen) atoms. The Morgan fingerprint density at radius 3 is 2.59 bits per heavy atom. The topological polar surface area (TPSA) is 57.2 Å². The Kier molecular flexibility index (Phi) is 7.25. The van der Waals surface area contributed by atoms with Gasteiger partial charge in [0.25, 0.3) is 5.91 Å². The lowest BCUT2D eigenvalue weighted by Gasteiger charge is -2.19. The number of carbonyl (C=O) groups is 1. The first-order valence-electron chi connectivity index (χ1n) is 9.96. The van der Waals surface area contributed by atoms with Crippen LogP contribution in [0.1, 0.15) is 28.6 Å². The zero-order valence-corrected chi connectivity index (χ0v) is 18.9. The number of anilines is 1. The number of hydrogen-bond acceptors (Lipinski definition) is 6. The van der Waals surface area contributed by atoms with Gasteiger partial charge in [-0.15, -0.1) is 24.5 Å². The Bertz CT molecular complexity index is 1000. The maximum absolute atomic E-state index is 13.0. The van der Waals surface area contributed by atoms with Gasteiger partial charge in [-0.25, -0.2) is 0 Å². The van der Waals surface area contributed by atoms with E-state index < -0.39 is 6.36 Å². The minimum Gasteiger partial charge on any atom is -0.406 e. The lowest BCUT2D eigenvalue weighted by molar-refractivity contribution is -0.274. The highest BCUT2D eigenvalue weighted by molar-refractivity contribution is 7.18. The highest BCUT2D eigenvalue weighted by Gasteiger charge is 2.31. The van der Waals surface area contributed by atoms with Gasteiger partial charge in [-0.2, -0.15) is 0 Å². The minimum atomic E-state index is -4.74. The first kappa shape index (κ1) is 23.8. The van der Waals surface area contributed by atoms with Crippen molar-refractivity contribution in [1.82, 2.24) is 9.80 Å². The summed E-state index contributed by atoms with van der Waals surface area (Å²) in [5, 5.41) is 3.77. The van der Waals surface area contributed by atoms with Crippen LogP contribution in [0.5, 0.6) is 5.75 Å². The fraction of sp³-hybridized carbons (Fsp3) is 0.364. The molecule has 2 aromatic rings. The molecule has 1 aromatic heterocycles. The molecule has 3 rings (SSSR count). The smallest absolute Gasteiger partial charge is 0.406 e. The zero-order valence-electron chi connectivity index (χ0n) is 18.1. The summed E-state index contributed by atoms with van der Waals surface area (Å²) in [6.45, 7) is 6.86. The van der Waals surface area contributed by atoms with Crippen molar-refractivity contribution in [3.63, 3.8) is 0 Å². The summed E-state index contributed by atoms with van der Waals surface area (Å²) in [5.41, 5.74) is 1.81. The molecule has 2 heterocycles. The highest BCUT2D eigenvalue weighted by atomic mass is 32.1. The number of carbonyl (C=O) groups excluding carboxylic acids is 1. The average molecular weight is 467 g/mol. The number of halogens is 3. The van der Waals surface area contributed by atoms with Gasteiger partial charge in [0, 0.05) is 30.4 Å². The Labute approximate surface area is 189 Å². The third-order valence-corrected chi connectivity index (χ3v) is 6.17. The van der Waals surface area contributed by atoms with E-state index in [1.165, 1.54) is 41.8 Å². The van der Waals surface area contributed by atoms with Crippen molar-refractivity contribution in [2.45, 2.75) is 25.7 Å². The predicted octanol–water partition coefficient (Wildman–Crippen LogP) is 5.12. The summed E-state index contributed by atoms with van der Waals surface area (Å²) in [5.74, 6) is -0.340. The van der Waals surface area contributed by atoms with Crippen molar-refractivity contribution in [3.05, 3.63) is 53.6 Å². The fourth-order valence-electron chi connectivity index (χ4n) is 3.44. The lowest BCUT2D eigenvalue weighted by atomic mass is 10.2.